The van der Waals surface area contributed by atoms with Crippen molar-refractivity contribution in [2.45, 2.75) is 45.1 Å². The molecule has 0 saturated heterocycles. The molecule has 2 rings (SSSR count). The van der Waals surface area contributed by atoms with Crippen LogP contribution in [0.3, 0.4) is 0 Å². The second-order valence-corrected chi connectivity index (χ2v) is 5.13. The minimum absolute atomic E-state index is 0.0498. The van der Waals surface area contributed by atoms with E-state index in [-0.39, 0.29) is 5.60 Å². The average molecular weight is 182 g/mol. The average Bonchev–Trinajstić information content (AvgIpc) is 2.29. The number of nitrogens with zero attached hydrogens (tertiary/aromatic N) is 1. The molecule has 3 nitrogen and oxygen atoms in total. The highest BCUT2D eigenvalue weighted by Crippen LogP contribution is 2.44. The van der Waals surface area contributed by atoms with Crippen molar-refractivity contribution >= 4 is 6.02 Å². The molecule has 2 aliphatic rings. The van der Waals surface area contributed by atoms with E-state index in [4.69, 9.17) is 10.5 Å². The van der Waals surface area contributed by atoms with E-state index in [1.54, 1.807) is 0 Å². The quantitative estimate of drug-likeness (QED) is 0.619. The first-order chi connectivity index (χ1) is 6.02. The smallest absolute Gasteiger partial charge is 0.282 e. The van der Waals surface area contributed by atoms with Crippen LogP contribution in [0.5, 0.6) is 0 Å². The van der Waals surface area contributed by atoms with Crippen LogP contribution >= 0.6 is 0 Å². The van der Waals surface area contributed by atoms with E-state index in [0.717, 1.165) is 19.4 Å². The van der Waals surface area contributed by atoms with Crippen LogP contribution in [-0.4, -0.2) is 18.2 Å². The Balaban J connectivity index is 2.09. The molecule has 0 aromatic heterocycles. The second-order valence-electron chi connectivity index (χ2n) is 5.13. The third-order valence-electron chi connectivity index (χ3n) is 3.13. The summed E-state index contributed by atoms with van der Waals surface area (Å²) in [4.78, 5) is 4.15. The standard InChI is InChI=1S/C10H18N2O/c1-9(2)4-3-5-10(6-9)7-12-8(11)13-10/h3-7H2,1-2H3,(H2,11,12). The van der Waals surface area contributed by atoms with Gasteiger partial charge in [-0.1, -0.05) is 13.8 Å². The van der Waals surface area contributed by atoms with Gasteiger partial charge in [0.2, 0.25) is 0 Å². The number of ether oxygens (including phenoxy) is 1. The molecule has 1 aliphatic carbocycles. The first kappa shape index (κ1) is 8.85. The summed E-state index contributed by atoms with van der Waals surface area (Å²) < 4.78 is 5.65. The molecule has 1 aliphatic heterocycles. The first-order valence-electron chi connectivity index (χ1n) is 5.00. The van der Waals surface area contributed by atoms with Crippen LogP contribution in [0, 0.1) is 5.41 Å². The van der Waals surface area contributed by atoms with Gasteiger partial charge in [-0.3, -0.25) is 0 Å². The van der Waals surface area contributed by atoms with E-state index in [0.29, 0.717) is 11.4 Å². The largest absolute Gasteiger partial charge is 0.457 e. The van der Waals surface area contributed by atoms with Crippen molar-refractivity contribution in [3.63, 3.8) is 0 Å². The normalized spacial score (nSPS) is 37.2. The van der Waals surface area contributed by atoms with Crippen LogP contribution in [0.1, 0.15) is 39.5 Å². The van der Waals surface area contributed by atoms with Crippen molar-refractivity contribution in [1.82, 2.24) is 0 Å². The summed E-state index contributed by atoms with van der Waals surface area (Å²) >= 11 is 0. The molecule has 1 unspecified atom stereocenters. The van der Waals surface area contributed by atoms with E-state index >= 15 is 0 Å². The molecule has 1 spiro atoms. The molecule has 1 fully saturated rings. The molecule has 0 radical (unpaired) electrons. The predicted octanol–water partition coefficient (Wildman–Crippen LogP) is 1.67. The maximum Gasteiger partial charge on any atom is 0.282 e. The lowest BCUT2D eigenvalue weighted by molar-refractivity contribution is -0.00451. The summed E-state index contributed by atoms with van der Waals surface area (Å²) in [6.45, 7) is 5.36. The number of nitrogens with two attached hydrogens (primary N) is 1. The van der Waals surface area contributed by atoms with Gasteiger partial charge in [0.15, 0.2) is 0 Å². The summed E-state index contributed by atoms with van der Waals surface area (Å²) in [6.07, 6.45) is 4.72. The van der Waals surface area contributed by atoms with Gasteiger partial charge < -0.3 is 10.5 Å². The third-order valence-corrected chi connectivity index (χ3v) is 3.13. The van der Waals surface area contributed by atoms with Gasteiger partial charge in [-0.15, -0.1) is 0 Å². The zero-order chi connectivity index (χ0) is 9.53. The van der Waals surface area contributed by atoms with Crippen LogP contribution in [0.15, 0.2) is 4.99 Å². The topological polar surface area (TPSA) is 47.6 Å². The Bertz CT molecular complexity index is 247. The Morgan fingerprint density at radius 2 is 2.15 bits per heavy atom. The minimum atomic E-state index is -0.0498. The van der Waals surface area contributed by atoms with Crippen molar-refractivity contribution in [2.75, 3.05) is 6.54 Å². The van der Waals surface area contributed by atoms with Crippen molar-refractivity contribution in [2.24, 2.45) is 16.1 Å². The molecule has 13 heavy (non-hydrogen) atoms. The minimum Gasteiger partial charge on any atom is -0.457 e. The van der Waals surface area contributed by atoms with Gasteiger partial charge in [-0.25, -0.2) is 4.99 Å². The number of rotatable bonds is 0. The molecule has 0 aromatic rings. The highest BCUT2D eigenvalue weighted by Gasteiger charge is 2.44. The fraction of sp³-hybridized carbons (Fsp3) is 0.900. The van der Waals surface area contributed by atoms with E-state index in [9.17, 15) is 0 Å². The van der Waals surface area contributed by atoms with E-state index < -0.39 is 0 Å². The molecule has 0 amide bonds. The van der Waals surface area contributed by atoms with Gasteiger partial charge in [0, 0.05) is 0 Å². The van der Waals surface area contributed by atoms with E-state index in [1.807, 2.05) is 0 Å². The van der Waals surface area contributed by atoms with Gasteiger partial charge >= 0.3 is 0 Å². The molecule has 2 N–H and O–H groups in total. The summed E-state index contributed by atoms with van der Waals surface area (Å²) in [7, 11) is 0. The van der Waals surface area contributed by atoms with Crippen molar-refractivity contribution in [3.8, 4) is 0 Å². The van der Waals surface area contributed by atoms with Crippen LogP contribution in [0.2, 0.25) is 0 Å². The number of aliphatic imine (C=N–C) groups is 1. The van der Waals surface area contributed by atoms with Crippen LogP contribution in [0.25, 0.3) is 0 Å². The van der Waals surface area contributed by atoms with E-state index in [2.05, 4.69) is 18.8 Å². The van der Waals surface area contributed by atoms with Gasteiger partial charge in [0.05, 0.1) is 6.54 Å². The Kier molecular flexibility index (Phi) is 1.79. The molecular formula is C10H18N2O. The van der Waals surface area contributed by atoms with Crippen molar-refractivity contribution in [1.29, 1.82) is 0 Å². The molecule has 1 atom stereocenters. The van der Waals surface area contributed by atoms with Gasteiger partial charge in [-0.05, 0) is 31.1 Å². The fourth-order valence-corrected chi connectivity index (χ4v) is 2.67. The second kappa shape index (κ2) is 2.63. The summed E-state index contributed by atoms with van der Waals surface area (Å²) in [5.74, 6) is 0. The molecule has 0 aromatic carbocycles. The van der Waals surface area contributed by atoms with E-state index in [1.165, 1.54) is 12.8 Å². The number of amidine groups is 1. The number of hydrogen-bond acceptors (Lipinski definition) is 3. The molecule has 3 heteroatoms. The highest BCUT2D eigenvalue weighted by molar-refractivity contribution is 5.73. The van der Waals surface area contributed by atoms with Crippen LogP contribution < -0.4 is 5.73 Å². The summed E-state index contributed by atoms with van der Waals surface area (Å²) in [6, 6.07) is 0.387. The summed E-state index contributed by atoms with van der Waals surface area (Å²) in [5, 5.41) is 0. The Morgan fingerprint density at radius 1 is 1.38 bits per heavy atom. The molecule has 74 valence electrons. The SMILES string of the molecule is CC1(C)CCCC2(CN=C(N)O2)C1. The van der Waals surface area contributed by atoms with Gasteiger partial charge in [0.1, 0.15) is 5.60 Å². The fourth-order valence-electron chi connectivity index (χ4n) is 2.67. The molecule has 1 saturated carbocycles. The maximum atomic E-state index is 5.65. The Morgan fingerprint density at radius 3 is 2.69 bits per heavy atom. The maximum absolute atomic E-state index is 5.65. The lowest BCUT2D eigenvalue weighted by Crippen LogP contribution is -2.42. The van der Waals surface area contributed by atoms with Crippen molar-refractivity contribution < 1.29 is 4.74 Å². The lowest BCUT2D eigenvalue weighted by Gasteiger charge is -2.41. The summed E-state index contributed by atoms with van der Waals surface area (Å²) in [5.41, 5.74) is 5.89. The monoisotopic (exact) mass is 182 g/mol. The number of hydrogen-bond donors (Lipinski definition) is 1. The van der Waals surface area contributed by atoms with Crippen molar-refractivity contribution in [3.05, 3.63) is 0 Å². The molecular weight excluding hydrogens is 164 g/mol. The molecule has 1 heterocycles. The first-order valence-corrected chi connectivity index (χ1v) is 5.00. The predicted molar refractivity (Wildman–Crippen MR) is 52.6 cm³/mol. The van der Waals surface area contributed by atoms with Crippen LogP contribution in [-0.2, 0) is 4.74 Å². The Labute approximate surface area is 79.4 Å². The zero-order valence-corrected chi connectivity index (χ0v) is 8.47. The zero-order valence-electron chi connectivity index (χ0n) is 8.47. The van der Waals surface area contributed by atoms with Gasteiger partial charge in [-0.2, -0.15) is 0 Å². The van der Waals surface area contributed by atoms with Crippen LogP contribution in [0.4, 0.5) is 0 Å². The highest BCUT2D eigenvalue weighted by atomic mass is 16.5. The lowest BCUT2D eigenvalue weighted by atomic mass is 9.70. The third kappa shape index (κ3) is 1.64. The Hall–Kier alpha value is -0.730. The molecule has 0 bridgehead atoms. The van der Waals surface area contributed by atoms with Gasteiger partial charge in [0.25, 0.3) is 6.02 Å².